The maximum Gasteiger partial charge on any atom is 0.494 e. The molecule has 0 N–H and O–H groups in total. The van der Waals surface area contributed by atoms with Gasteiger partial charge in [-0.15, -0.1) is 0 Å². The molecule has 0 saturated carbocycles. The van der Waals surface area contributed by atoms with E-state index in [1.807, 2.05) is 18.2 Å². The highest BCUT2D eigenvalue weighted by molar-refractivity contribution is 6.62. The van der Waals surface area contributed by atoms with Gasteiger partial charge >= 0.3 is 7.12 Å². The third-order valence-electron chi connectivity index (χ3n) is 5.45. The van der Waals surface area contributed by atoms with E-state index in [2.05, 4.69) is 70.2 Å². The molecule has 3 aromatic carbocycles. The maximum absolute atomic E-state index is 7.73. The highest BCUT2D eigenvalue weighted by Gasteiger charge is 2.51. The zero-order valence-electron chi connectivity index (χ0n) is 16.2. The lowest BCUT2D eigenvalue weighted by Gasteiger charge is -2.32. The van der Waals surface area contributed by atoms with Crippen LogP contribution in [0.2, 0.25) is 0 Å². The van der Waals surface area contributed by atoms with Crippen molar-refractivity contribution in [2.24, 2.45) is 0 Å². The van der Waals surface area contributed by atoms with Crippen LogP contribution in [-0.4, -0.2) is 18.3 Å². The Morgan fingerprint density at radius 1 is 0.760 bits per heavy atom. The van der Waals surface area contributed by atoms with Crippen molar-refractivity contribution in [1.82, 2.24) is 0 Å². The first-order valence-corrected chi connectivity index (χ1v) is 8.72. The number of benzene rings is 3. The summed E-state index contributed by atoms with van der Waals surface area (Å²) in [7, 11) is -0.332. The van der Waals surface area contributed by atoms with Crippen molar-refractivity contribution in [3.8, 4) is 11.1 Å². The van der Waals surface area contributed by atoms with E-state index in [1.165, 1.54) is 0 Å². The van der Waals surface area contributed by atoms with Crippen molar-refractivity contribution in [2.75, 3.05) is 0 Å². The summed E-state index contributed by atoms with van der Waals surface area (Å²) in [4.78, 5) is 0. The van der Waals surface area contributed by atoms with Crippen LogP contribution in [0.4, 0.5) is 0 Å². The SMILES string of the molecule is [2H]c1ccc2cc(-c3ccc(B4OC(C)(C)C(C)(C)O4)cc3)ccc2c1. The van der Waals surface area contributed by atoms with Crippen molar-refractivity contribution in [2.45, 2.75) is 38.9 Å². The van der Waals surface area contributed by atoms with E-state index in [0.717, 1.165) is 27.4 Å². The maximum atomic E-state index is 7.73. The molecular formula is C22H23BO2. The van der Waals surface area contributed by atoms with Crippen LogP contribution in [0, 0.1) is 0 Å². The first-order valence-electron chi connectivity index (χ1n) is 9.22. The van der Waals surface area contributed by atoms with Gasteiger partial charge in [-0.2, -0.15) is 0 Å². The zero-order chi connectivity index (χ0) is 18.5. The van der Waals surface area contributed by atoms with Crippen LogP contribution in [0.1, 0.15) is 29.1 Å². The minimum Gasteiger partial charge on any atom is -0.399 e. The zero-order valence-corrected chi connectivity index (χ0v) is 15.2. The highest BCUT2D eigenvalue weighted by atomic mass is 16.7. The van der Waals surface area contributed by atoms with Crippen LogP contribution >= 0.6 is 0 Å². The third-order valence-corrected chi connectivity index (χ3v) is 5.45. The van der Waals surface area contributed by atoms with Gasteiger partial charge in [0.25, 0.3) is 0 Å². The third kappa shape index (κ3) is 2.88. The molecule has 1 aliphatic rings. The molecule has 1 saturated heterocycles. The van der Waals surface area contributed by atoms with Gasteiger partial charge in [0.05, 0.1) is 12.6 Å². The van der Waals surface area contributed by atoms with Crippen LogP contribution in [0.25, 0.3) is 21.9 Å². The van der Waals surface area contributed by atoms with Gasteiger partial charge in [0, 0.05) is 0 Å². The Hall–Kier alpha value is -2.10. The molecule has 3 aromatic rings. The second-order valence-electron chi connectivity index (χ2n) is 7.70. The first-order chi connectivity index (χ1) is 12.2. The monoisotopic (exact) mass is 331 g/mol. The smallest absolute Gasteiger partial charge is 0.399 e. The summed E-state index contributed by atoms with van der Waals surface area (Å²) in [5.41, 5.74) is 2.70. The largest absolute Gasteiger partial charge is 0.494 e. The van der Waals surface area contributed by atoms with E-state index in [1.54, 1.807) is 0 Å². The molecule has 0 radical (unpaired) electrons. The summed E-state index contributed by atoms with van der Waals surface area (Å²) in [5, 5.41) is 2.24. The minimum atomic E-state index is -0.332. The van der Waals surface area contributed by atoms with Crippen LogP contribution in [0.5, 0.6) is 0 Å². The molecule has 0 unspecified atom stereocenters. The molecule has 3 heteroatoms. The quantitative estimate of drug-likeness (QED) is 0.628. The van der Waals surface area contributed by atoms with Crippen LogP contribution in [-0.2, 0) is 9.31 Å². The molecule has 0 bridgehead atoms. The molecule has 126 valence electrons. The van der Waals surface area contributed by atoms with Crippen LogP contribution < -0.4 is 5.46 Å². The lowest BCUT2D eigenvalue weighted by Crippen LogP contribution is -2.41. The van der Waals surface area contributed by atoms with E-state index in [0.29, 0.717) is 6.04 Å². The van der Waals surface area contributed by atoms with Crippen LogP contribution in [0.15, 0.2) is 66.7 Å². The second kappa shape index (κ2) is 5.72. The standard InChI is InChI=1S/C22H23BO2/c1-21(2)22(3,4)25-23(24-21)20-13-11-17(12-14-20)19-10-9-16-7-5-6-8-18(16)15-19/h5-15H,1-4H3/i5D. The highest BCUT2D eigenvalue weighted by Crippen LogP contribution is 2.36. The number of hydrogen-bond acceptors (Lipinski definition) is 2. The lowest BCUT2D eigenvalue weighted by atomic mass is 9.78. The molecule has 2 nitrogen and oxygen atoms in total. The van der Waals surface area contributed by atoms with Gasteiger partial charge < -0.3 is 9.31 Å². The van der Waals surface area contributed by atoms with Crippen molar-refractivity contribution in [3.63, 3.8) is 0 Å². The van der Waals surface area contributed by atoms with Gasteiger partial charge in [0.15, 0.2) is 0 Å². The molecule has 4 rings (SSSR count). The first kappa shape index (κ1) is 15.2. The molecule has 0 spiro atoms. The lowest BCUT2D eigenvalue weighted by molar-refractivity contribution is 0.00578. The fourth-order valence-corrected chi connectivity index (χ4v) is 3.12. The molecule has 0 aromatic heterocycles. The van der Waals surface area contributed by atoms with Crippen molar-refractivity contribution in [3.05, 3.63) is 66.7 Å². The van der Waals surface area contributed by atoms with Crippen LogP contribution in [0.3, 0.4) is 0 Å². The summed E-state index contributed by atoms with van der Waals surface area (Å²) >= 11 is 0. The Morgan fingerprint density at radius 2 is 1.40 bits per heavy atom. The number of rotatable bonds is 2. The van der Waals surface area contributed by atoms with Gasteiger partial charge in [-0.05, 0) is 61.1 Å². The van der Waals surface area contributed by atoms with Crippen molar-refractivity contribution >= 4 is 23.4 Å². The minimum absolute atomic E-state index is 0.328. The Morgan fingerprint density at radius 3 is 2.08 bits per heavy atom. The Bertz CT molecular complexity index is 948. The summed E-state index contributed by atoms with van der Waals surface area (Å²) in [6, 6.07) is 21.0. The number of fused-ring (bicyclic) bond motifs is 1. The van der Waals surface area contributed by atoms with Gasteiger partial charge in [0.2, 0.25) is 0 Å². The molecule has 0 amide bonds. The average molecular weight is 331 g/mol. The predicted octanol–water partition coefficient (Wildman–Crippen LogP) is 4.81. The van der Waals surface area contributed by atoms with Gasteiger partial charge in [0.1, 0.15) is 0 Å². The van der Waals surface area contributed by atoms with E-state index in [-0.39, 0.29) is 18.3 Å². The van der Waals surface area contributed by atoms with E-state index in [4.69, 9.17) is 10.7 Å². The molecule has 0 aliphatic carbocycles. The molecule has 1 fully saturated rings. The Labute approximate surface area is 151 Å². The molecule has 1 aliphatic heterocycles. The van der Waals surface area contributed by atoms with Gasteiger partial charge in [-0.3, -0.25) is 0 Å². The fraction of sp³-hybridized carbons (Fsp3) is 0.273. The molecule has 0 atom stereocenters. The Kier molecular flexibility index (Phi) is 3.47. The topological polar surface area (TPSA) is 18.5 Å². The summed E-state index contributed by atoms with van der Waals surface area (Å²) < 4.78 is 20.0. The Balaban J connectivity index is 1.61. The van der Waals surface area contributed by atoms with E-state index < -0.39 is 0 Å². The average Bonchev–Trinajstić information content (AvgIpc) is 2.82. The summed E-state index contributed by atoms with van der Waals surface area (Å²) in [5.74, 6) is 0. The summed E-state index contributed by atoms with van der Waals surface area (Å²) in [6.07, 6.45) is 0. The van der Waals surface area contributed by atoms with Gasteiger partial charge in [-0.25, -0.2) is 0 Å². The van der Waals surface area contributed by atoms with Gasteiger partial charge in [-0.1, -0.05) is 60.6 Å². The number of hydrogen-bond donors (Lipinski definition) is 0. The predicted molar refractivity (Wildman–Crippen MR) is 105 cm³/mol. The molecule has 25 heavy (non-hydrogen) atoms. The van der Waals surface area contributed by atoms with E-state index in [9.17, 15) is 0 Å². The van der Waals surface area contributed by atoms with E-state index >= 15 is 0 Å². The molecule has 1 heterocycles. The normalized spacial score (nSPS) is 19.2. The summed E-state index contributed by atoms with van der Waals surface area (Å²) in [6.45, 7) is 8.27. The van der Waals surface area contributed by atoms with Crippen molar-refractivity contribution < 1.29 is 10.7 Å². The second-order valence-corrected chi connectivity index (χ2v) is 7.70. The molecular weight excluding hydrogens is 307 g/mol. The van der Waals surface area contributed by atoms with Crippen molar-refractivity contribution in [1.29, 1.82) is 0 Å². The fourth-order valence-electron chi connectivity index (χ4n) is 3.12.